The van der Waals surface area contributed by atoms with E-state index in [0.29, 0.717) is 32.7 Å². The first kappa shape index (κ1) is 25.7. The first-order valence-corrected chi connectivity index (χ1v) is 13.1. The van der Waals surface area contributed by atoms with E-state index in [0.717, 1.165) is 49.3 Å². The van der Waals surface area contributed by atoms with Gasteiger partial charge in [0.25, 0.3) is 5.91 Å². The number of nitrogens with zero attached hydrogens (tertiary/aromatic N) is 6. The first-order valence-electron chi connectivity index (χ1n) is 13.1. The van der Waals surface area contributed by atoms with Crippen LogP contribution in [0.15, 0.2) is 12.4 Å². The van der Waals surface area contributed by atoms with Crippen LogP contribution in [0.3, 0.4) is 0 Å². The summed E-state index contributed by atoms with van der Waals surface area (Å²) in [5.74, 6) is -1.06. The molecule has 37 heavy (non-hydrogen) atoms. The van der Waals surface area contributed by atoms with Gasteiger partial charge in [-0.3, -0.25) is 19.4 Å². The fourth-order valence-electron chi connectivity index (χ4n) is 5.98. The third-order valence-electron chi connectivity index (χ3n) is 7.85. The van der Waals surface area contributed by atoms with Crippen molar-refractivity contribution >= 4 is 23.3 Å². The normalized spacial score (nSPS) is 27.9. The van der Waals surface area contributed by atoms with Crippen molar-refractivity contribution in [3.05, 3.63) is 23.8 Å². The number of amides is 2. The number of likely N-dealkylation sites (tertiary alicyclic amines) is 1. The molecule has 0 spiro atoms. The van der Waals surface area contributed by atoms with E-state index >= 15 is 4.39 Å². The molecular weight excluding hydrogens is 484 g/mol. The van der Waals surface area contributed by atoms with Crippen LogP contribution in [0, 0.1) is 5.82 Å². The Hall–Kier alpha value is -2.90. The van der Waals surface area contributed by atoms with E-state index in [9.17, 15) is 14.0 Å². The molecule has 2 amide bonds. The monoisotopic (exact) mass is 519 g/mol. The average molecular weight is 520 g/mol. The second-order valence-corrected chi connectivity index (χ2v) is 10.0. The highest BCUT2D eigenvalue weighted by Gasteiger charge is 2.41. The Kier molecular flexibility index (Phi) is 7.54. The largest absolute Gasteiger partial charge is 0.381 e. The number of fused-ring (bicyclic) bond motifs is 1. The van der Waals surface area contributed by atoms with E-state index < -0.39 is 30.0 Å². The number of hydrogen-bond donors (Lipinski definition) is 3. The molecule has 4 unspecified atom stereocenters. The van der Waals surface area contributed by atoms with Gasteiger partial charge in [-0.2, -0.15) is 0 Å². The van der Waals surface area contributed by atoms with Gasteiger partial charge in [-0.15, -0.1) is 5.10 Å². The van der Waals surface area contributed by atoms with Gasteiger partial charge in [0, 0.05) is 39.3 Å². The van der Waals surface area contributed by atoms with Gasteiger partial charge in [0.1, 0.15) is 11.7 Å². The molecule has 2 aromatic rings. The molecule has 0 bridgehead atoms. The molecule has 202 valence electrons. The zero-order valence-electron chi connectivity index (χ0n) is 21.1. The van der Waals surface area contributed by atoms with Crippen molar-refractivity contribution in [2.75, 3.05) is 58.1 Å². The molecule has 5 rings (SSSR count). The number of rotatable bonds is 5. The average Bonchev–Trinajstić information content (AvgIpc) is 3.23. The second kappa shape index (κ2) is 10.8. The Morgan fingerprint density at radius 3 is 2.73 bits per heavy atom. The van der Waals surface area contributed by atoms with Crippen LogP contribution in [-0.4, -0.2) is 118 Å². The lowest BCUT2D eigenvalue weighted by Gasteiger charge is -2.46. The molecule has 0 saturated carbocycles. The summed E-state index contributed by atoms with van der Waals surface area (Å²) < 4.78 is 29.9. The van der Waals surface area contributed by atoms with Crippen LogP contribution in [0.5, 0.6) is 0 Å². The molecular formula is C24H35F2N9O2. The van der Waals surface area contributed by atoms with Crippen LogP contribution in [0.4, 0.5) is 14.6 Å². The van der Waals surface area contributed by atoms with Crippen molar-refractivity contribution < 1.29 is 18.4 Å². The minimum Gasteiger partial charge on any atom is -0.381 e. The van der Waals surface area contributed by atoms with Gasteiger partial charge in [0.05, 0.1) is 30.5 Å². The van der Waals surface area contributed by atoms with Crippen molar-refractivity contribution in [3.63, 3.8) is 0 Å². The SMILES string of the molecule is CCN1CCCCC1C(=O)N1CCN(C2C(F)CNCC2NC(=O)c2c(N)nn3cc(F)cnc23)CC1. The molecule has 3 saturated heterocycles. The lowest BCUT2D eigenvalue weighted by atomic mass is 9.95. The Labute approximate surface area is 214 Å². The predicted octanol–water partition coefficient (Wildman–Crippen LogP) is -0.122. The highest BCUT2D eigenvalue weighted by molar-refractivity contribution is 6.04. The molecule has 2 aromatic heterocycles. The van der Waals surface area contributed by atoms with Gasteiger partial charge in [-0.05, 0) is 25.9 Å². The molecule has 0 aromatic carbocycles. The van der Waals surface area contributed by atoms with Crippen LogP contribution in [0.2, 0.25) is 0 Å². The number of nitrogens with two attached hydrogens (primary N) is 1. The van der Waals surface area contributed by atoms with Crippen LogP contribution in [0.1, 0.15) is 36.5 Å². The van der Waals surface area contributed by atoms with Crippen molar-refractivity contribution in [2.24, 2.45) is 0 Å². The Morgan fingerprint density at radius 1 is 1.19 bits per heavy atom. The van der Waals surface area contributed by atoms with E-state index in [1.165, 1.54) is 0 Å². The fourth-order valence-corrected chi connectivity index (χ4v) is 5.98. The number of alkyl halides is 1. The summed E-state index contributed by atoms with van der Waals surface area (Å²) in [6.45, 7) is 6.58. The summed E-state index contributed by atoms with van der Waals surface area (Å²) in [5, 5.41) is 9.93. The quantitative estimate of drug-likeness (QED) is 0.500. The van der Waals surface area contributed by atoms with E-state index in [1.54, 1.807) is 0 Å². The van der Waals surface area contributed by atoms with Crippen molar-refractivity contribution in [2.45, 2.75) is 50.5 Å². The number of carbonyl (C=O) groups is 2. The smallest absolute Gasteiger partial charge is 0.259 e. The maximum absolute atomic E-state index is 15.3. The summed E-state index contributed by atoms with van der Waals surface area (Å²) in [7, 11) is 0. The summed E-state index contributed by atoms with van der Waals surface area (Å²) in [6.07, 6.45) is 3.95. The number of nitrogen functional groups attached to an aromatic ring is 1. The number of likely N-dealkylation sites (N-methyl/N-ethyl adjacent to an activating group) is 1. The number of halogens is 2. The van der Waals surface area contributed by atoms with E-state index in [1.807, 2.05) is 9.80 Å². The van der Waals surface area contributed by atoms with Gasteiger partial charge < -0.3 is 21.3 Å². The van der Waals surface area contributed by atoms with E-state index in [4.69, 9.17) is 5.73 Å². The second-order valence-electron chi connectivity index (χ2n) is 10.0. The van der Waals surface area contributed by atoms with Crippen LogP contribution >= 0.6 is 0 Å². The molecule has 3 aliphatic rings. The standard InChI is InChI=1S/C24H35F2N9O2/c1-2-32-6-4-3-5-18(32)24(37)34-9-7-33(8-10-34)20-16(26)12-28-13-17(20)30-23(36)19-21(27)31-35-14-15(25)11-29-22(19)35/h11,14,16-18,20,28H,2-10,12-13H2,1H3,(H2,27,31)(H,30,36). The molecule has 13 heteroatoms. The molecule has 3 aliphatic heterocycles. The summed E-state index contributed by atoms with van der Waals surface area (Å²) in [4.78, 5) is 36.6. The number of hydrogen-bond acceptors (Lipinski definition) is 8. The van der Waals surface area contributed by atoms with Crippen molar-refractivity contribution in [1.29, 1.82) is 0 Å². The Morgan fingerprint density at radius 2 is 1.97 bits per heavy atom. The number of piperidine rings is 2. The lowest BCUT2D eigenvalue weighted by molar-refractivity contribution is -0.140. The summed E-state index contributed by atoms with van der Waals surface area (Å²) >= 11 is 0. The van der Waals surface area contributed by atoms with Crippen LogP contribution in [0.25, 0.3) is 5.65 Å². The first-order chi connectivity index (χ1) is 17.9. The van der Waals surface area contributed by atoms with Gasteiger partial charge in [0.2, 0.25) is 5.91 Å². The molecule has 4 atom stereocenters. The topological polar surface area (TPSA) is 124 Å². The van der Waals surface area contributed by atoms with Gasteiger partial charge in [0.15, 0.2) is 17.3 Å². The van der Waals surface area contributed by atoms with Gasteiger partial charge >= 0.3 is 0 Å². The Balaban J connectivity index is 1.26. The van der Waals surface area contributed by atoms with Gasteiger partial charge in [-0.1, -0.05) is 13.3 Å². The minimum absolute atomic E-state index is 0.0307. The molecule has 0 radical (unpaired) electrons. The summed E-state index contributed by atoms with van der Waals surface area (Å²) in [6, 6.07) is -1.16. The van der Waals surface area contributed by atoms with Crippen LogP contribution in [-0.2, 0) is 4.79 Å². The molecule has 4 N–H and O–H groups in total. The summed E-state index contributed by atoms with van der Waals surface area (Å²) in [5.41, 5.74) is 6.10. The fraction of sp³-hybridized carbons (Fsp3) is 0.667. The maximum Gasteiger partial charge on any atom is 0.259 e. The number of aromatic nitrogens is 3. The van der Waals surface area contributed by atoms with E-state index in [-0.39, 0.29) is 35.5 Å². The third kappa shape index (κ3) is 5.12. The number of piperazine rings is 1. The molecule has 11 nitrogen and oxygen atoms in total. The maximum atomic E-state index is 15.3. The third-order valence-corrected chi connectivity index (χ3v) is 7.85. The van der Waals surface area contributed by atoms with E-state index in [2.05, 4.69) is 32.5 Å². The van der Waals surface area contributed by atoms with Crippen molar-refractivity contribution in [3.8, 4) is 0 Å². The molecule has 0 aliphatic carbocycles. The van der Waals surface area contributed by atoms with Crippen LogP contribution < -0.4 is 16.4 Å². The predicted molar refractivity (Wildman–Crippen MR) is 133 cm³/mol. The highest BCUT2D eigenvalue weighted by Crippen LogP contribution is 2.23. The van der Waals surface area contributed by atoms with Crippen molar-refractivity contribution in [1.82, 2.24) is 39.9 Å². The number of anilines is 1. The highest BCUT2D eigenvalue weighted by atomic mass is 19.1. The lowest BCUT2D eigenvalue weighted by Crippen LogP contribution is -2.67. The van der Waals surface area contributed by atoms with Gasteiger partial charge in [-0.25, -0.2) is 18.3 Å². The number of carbonyl (C=O) groups excluding carboxylic acids is 2. The molecule has 5 heterocycles. The zero-order chi connectivity index (χ0) is 26.1. The Bertz CT molecular complexity index is 1140. The number of nitrogens with one attached hydrogen (secondary N) is 2. The molecule has 3 fully saturated rings. The zero-order valence-corrected chi connectivity index (χ0v) is 21.1. The minimum atomic E-state index is -1.20.